The molecule has 0 spiro atoms. The van der Waals surface area contributed by atoms with E-state index in [0.717, 1.165) is 22.9 Å². The van der Waals surface area contributed by atoms with Crippen molar-refractivity contribution in [2.45, 2.75) is 11.5 Å². The Morgan fingerprint density at radius 2 is 0.929 bits per heavy atom. The van der Waals surface area contributed by atoms with Gasteiger partial charge in [-0.2, -0.15) is 0 Å². The van der Waals surface area contributed by atoms with Gasteiger partial charge in [-0.25, -0.2) is 9.98 Å². The molecule has 4 nitrogen and oxygen atoms in total. The average molecular weight is 407 g/mol. The van der Waals surface area contributed by atoms with Crippen LogP contribution in [0.5, 0.6) is 0 Å². The first kappa shape index (κ1) is 20.0. The Morgan fingerprint density at radius 3 is 1.29 bits per heavy atom. The lowest BCUT2D eigenvalue weighted by Gasteiger charge is -2.03. The molecular formula is C22H22N4S2. The molecule has 3 aromatic rings. The lowest BCUT2D eigenvalue weighted by Crippen LogP contribution is -2.06. The molecule has 0 radical (unpaired) electrons. The maximum absolute atomic E-state index is 6.03. The van der Waals surface area contributed by atoms with Gasteiger partial charge in [0.25, 0.3) is 0 Å². The summed E-state index contributed by atoms with van der Waals surface area (Å²) in [5.74, 6) is 1.60. The van der Waals surface area contributed by atoms with Gasteiger partial charge in [0.2, 0.25) is 0 Å². The summed E-state index contributed by atoms with van der Waals surface area (Å²) in [5.41, 5.74) is 16.1. The van der Waals surface area contributed by atoms with E-state index in [2.05, 4.69) is 34.3 Å². The highest BCUT2D eigenvalue weighted by Gasteiger charge is 2.00. The van der Waals surface area contributed by atoms with Crippen molar-refractivity contribution in [3.8, 4) is 0 Å². The Kier molecular flexibility index (Phi) is 7.58. The fourth-order valence-electron chi connectivity index (χ4n) is 2.38. The minimum atomic E-state index is 0.540. The van der Waals surface area contributed by atoms with Crippen LogP contribution in [0, 0.1) is 0 Å². The predicted octanol–water partition coefficient (Wildman–Crippen LogP) is 5.45. The van der Waals surface area contributed by atoms with Crippen LogP contribution in [0.1, 0.15) is 11.1 Å². The fraction of sp³-hybridized carbons (Fsp3) is 0.0909. The van der Waals surface area contributed by atoms with Crippen LogP contribution in [0.3, 0.4) is 0 Å². The summed E-state index contributed by atoms with van der Waals surface area (Å²) < 4.78 is 0. The molecule has 0 unspecified atom stereocenters. The molecule has 6 heteroatoms. The van der Waals surface area contributed by atoms with Gasteiger partial charge in [0.05, 0.1) is 11.4 Å². The minimum absolute atomic E-state index is 0.540. The Balaban J connectivity index is 1.53. The molecule has 0 heterocycles. The smallest absolute Gasteiger partial charge is 0.159 e. The highest BCUT2D eigenvalue weighted by molar-refractivity contribution is 8.13. The molecule has 0 atom stereocenters. The molecule has 0 bridgehead atoms. The minimum Gasteiger partial charge on any atom is -0.378 e. The first-order valence-corrected chi connectivity index (χ1v) is 10.8. The van der Waals surface area contributed by atoms with E-state index in [1.165, 1.54) is 34.7 Å². The number of benzene rings is 3. The highest BCUT2D eigenvalue weighted by Crippen LogP contribution is 2.22. The van der Waals surface area contributed by atoms with E-state index in [4.69, 9.17) is 11.5 Å². The third kappa shape index (κ3) is 6.79. The lowest BCUT2D eigenvalue weighted by atomic mass is 10.2. The zero-order valence-electron chi connectivity index (χ0n) is 15.4. The van der Waals surface area contributed by atoms with Crippen molar-refractivity contribution in [1.29, 1.82) is 0 Å². The largest absolute Gasteiger partial charge is 0.378 e. The van der Waals surface area contributed by atoms with Gasteiger partial charge < -0.3 is 11.5 Å². The number of nitrogens with zero attached hydrogens (tertiary/aromatic N) is 2. The molecule has 3 aromatic carbocycles. The third-order valence-electron chi connectivity index (χ3n) is 3.79. The van der Waals surface area contributed by atoms with Gasteiger partial charge in [0, 0.05) is 11.5 Å². The first-order valence-electron chi connectivity index (χ1n) is 8.81. The van der Waals surface area contributed by atoms with Crippen molar-refractivity contribution in [2.24, 2.45) is 21.5 Å². The molecule has 3 rings (SSSR count). The molecular weight excluding hydrogens is 384 g/mol. The Labute approximate surface area is 174 Å². The van der Waals surface area contributed by atoms with Gasteiger partial charge in [-0.1, -0.05) is 84.2 Å². The van der Waals surface area contributed by atoms with E-state index in [1.54, 1.807) is 0 Å². The van der Waals surface area contributed by atoms with Crippen LogP contribution >= 0.6 is 23.5 Å². The maximum atomic E-state index is 6.03. The SMILES string of the molecule is NC(=Nc1ccc(N=C(N)SCc2ccccc2)cc1)SCc1ccccc1. The zero-order valence-corrected chi connectivity index (χ0v) is 17.0. The molecule has 0 amide bonds. The summed E-state index contributed by atoms with van der Waals surface area (Å²) in [5, 5.41) is 1.08. The number of hydrogen-bond donors (Lipinski definition) is 2. The van der Waals surface area contributed by atoms with Crippen molar-refractivity contribution < 1.29 is 0 Å². The average Bonchev–Trinajstić information content (AvgIpc) is 2.74. The maximum Gasteiger partial charge on any atom is 0.159 e. The van der Waals surface area contributed by atoms with Gasteiger partial charge >= 0.3 is 0 Å². The summed E-state index contributed by atoms with van der Waals surface area (Å²) in [6.45, 7) is 0. The molecule has 4 N–H and O–H groups in total. The zero-order chi connectivity index (χ0) is 19.6. The van der Waals surface area contributed by atoms with Crippen molar-refractivity contribution in [1.82, 2.24) is 0 Å². The van der Waals surface area contributed by atoms with Crippen molar-refractivity contribution in [2.75, 3.05) is 0 Å². The van der Waals surface area contributed by atoms with E-state index in [0.29, 0.717) is 10.3 Å². The van der Waals surface area contributed by atoms with Crippen LogP contribution in [0.4, 0.5) is 11.4 Å². The Bertz CT molecular complexity index is 845. The molecule has 142 valence electrons. The second kappa shape index (κ2) is 10.6. The second-order valence-corrected chi connectivity index (χ2v) is 7.96. The summed E-state index contributed by atoms with van der Waals surface area (Å²) in [6, 6.07) is 28.0. The number of rotatable bonds is 6. The number of hydrogen-bond acceptors (Lipinski definition) is 4. The first-order chi connectivity index (χ1) is 13.7. The van der Waals surface area contributed by atoms with E-state index in [-0.39, 0.29) is 0 Å². The Hall–Kier alpha value is -2.70. The van der Waals surface area contributed by atoms with Gasteiger partial charge in [-0.15, -0.1) is 0 Å². The van der Waals surface area contributed by atoms with Gasteiger partial charge in [0.15, 0.2) is 10.3 Å². The van der Waals surface area contributed by atoms with Crippen LogP contribution < -0.4 is 11.5 Å². The Morgan fingerprint density at radius 1 is 0.571 bits per heavy atom. The van der Waals surface area contributed by atoms with Gasteiger partial charge in [-0.05, 0) is 35.4 Å². The van der Waals surface area contributed by atoms with Crippen molar-refractivity contribution >= 4 is 45.2 Å². The van der Waals surface area contributed by atoms with E-state index in [9.17, 15) is 0 Å². The molecule has 0 aliphatic rings. The molecule has 0 fully saturated rings. The molecule has 0 aliphatic heterocycles. The van der Waals surface area contributed by atoms with E-state index in [1.807, 2.05) is 60.7 Å². The van der Waals surface area contributed by atoms with Crippen LogP contribution in [-0.4, -0.2) is 10.3 Å². The number of aliphatic imine (C=N–C) groups is 2. The summed E-state index contributed by atoms with van der Waals surface area (Å²) >= 11 is 3.04. The number of nitrogens with two attached hydrogens (primary N) is 2. The highest BCUT2D eigenvalue weighted by atomic mass is 32.2. The third-order valence-corrected chi connectivity index (χ3v) is 5.52. The molecule has 0 aliphatic carbocycles. The van der Waals surface area contributed by atoms with E-state index < -0.39 is 0 Å². The standard InChI is InChI=1S/C22H22N4S2/c23-21(27-15-17-7-3-1-4-8-17)25-19-11-13-20(14-12-19)26-22(24)28-16-18-9-5-2-6-10-18/h1-14H,15-16H2,(H2,23,25)(H2,24,26). The normalized spacial score (nSPS) is 12.1. The topological polar surface area (TPSA) is 76.8 Å². The predicted molar refractivity (Wildman–Crippen MR) is 124 cm³/mol. The van der Waals surface area contributed by atoms with Crippen molar-refractivity contribution in [3.05, 3.63) is 96.1 Å². The van der Waals surface area contributed by atoms with Crippen LogP contribution in [-0.2, 0) is 11.5 Å². The lowest BCUT2D eigenvalue weighted by molar-refractivity contribution is 1.42. The number of thioether (sulfide) groups is 2. The van der Waals surface area contributed by atoms with E-state index >= 15 is 0 Å². The summed E-state index contributed by atoms with van der Waals surface area (Å²) in [7, 11) is 0. The second-order valence-electron chi connectivity index (χ2n) is 5.97. The molecule has 0 saturated heterocycles. The van der Waals surface area contributed by atoms with Crippen LogP contribution in [0.25, 0.3) is 0 Å². The van der Waals surface area contributed by atoms with Crippen LogP contribution in [0.15, 0.2) is 94.9 Å². The quantitative estimate of drug-likeness (QED) is 0.422. The molecule has 0 saturated carbocycles. The molecule has 0 aromatic heterocycles. The van der Waals surface area contributed by atoms with Crippen LogP contribution in [0.2, 0.25) is 0 Å². The summed E-state index contributed by atoms with van der Waals surface area (Å²) in [6.07, 6.45) is 0. The van der Waals surface area contributed by atoms with Gasteiger partial charge in [0.1, 0.15) is 0 Å². The summed E-state index contributed by atoms with van der Waals surface area (Å²) in [4.78, 5) is 8.89. The monoisotopic (exact) mass is 406 g/mol. The number of amidine groups is 2. The molecule has 28 heavy (non-hydrogen) atoms. The fourth-order valence-corrected chi connectivity index (χ4v) is 3.74. The van der Waals surface area contributed by atoms with Crippen molar-refractivity contribution in [3.63, 3.8) is 0 Å². The van der Waals surface area contributed by atoms with Gasteiger partial charge in [-0.3, -0.25) is 0 Å².